The van der Waals surface area contributed by atoms with Gasteiger partial charge in [-0.25, -0.2) is 0 Å². The predicted molar refractivity (Wildman–Crippen MR) is 256 cm³/mol. The maximum atomic E-state index is 4.44. The lowest BCUT2D eigenvalue weighted by molar-refractivity contribution is 0.706. The van der Waals surface area contributed by atoms with E-state index in [0.717, 1.165) is 28.7 Å². The Balaban J connectivity index is 0.000000325. The summed E-state index contributed by atoms with van der Waals surface area (Å²) in [6, 6.07) is 46.7. The lowest BCUT2D eigenvalue weighted by Gasteiger charge is -2.24. The van der Waals surface area contributed by atoms with Gasteiger partial charge in [0, 0.05) is 0 Å². The van der Waals surface area contributed by atoms with Crippen LogP contribution >= 0.6 is 0 Å². The van der Waals surface area contributed by atoms with Gasteiger partial charge in [0.1, 0.15) is 0 Å². The first-order chi connectivity index (χ1) is 27.2. The van der Waals surface area contributed by atoms with Gasteiger partial charge in [-0.15, -0.1) is 0 Å². The van der Waals surface area contributed by atoms with E-state index in [1.165, 1.54) is 77.9 Å². The van der Waals surface area contributed by atoms with E-state index in [0.29, 0.717) is 5.92 Å². The number of rotatable bonds is 9. The van der Waals surface area contributed by atoms with Crippen LogP contribution in [0.15, 0.2) is 200 Å². The van der Waals surface area contributed by atoms with Crippen LogP contribution in [0.4, 0.5) is 0 Å². The van der Waals surface area contributed by atoms with Crippen LogP contribution in [-0.2, 0) is 0 Å². The van der Waals surface area contributed by atoms with Crippen LogP contribution < -0.4 is 0 Å². The number of benzene rings is 5. The summed E-state index contributed by atoms with van der Waals surface area (Å²) in [5.41, 5.74) is 22.0. The Labute approximate surface area is 345 Å². The van der Waals surface area contributed by atoms with E-state index in [2.05, 4.69) is 184 Å². The van der Waals surface area contributed by atoms with Crippen LogP contribution in [0, 0.1) is 12.8 Å². The van der Waals surface area contributed by atoms with Gasteiger partial charge < -0.3 is 0 Å². The minimum atomic E-state index is 0.523. The second-order valence-corrected chi connectivity index (χ2v) is 15.5. The molecule has 57 heavy (non-hydrogen) atoms. The summed E-state index contributed by atoms with van der Waals surface area (Å²) in [4.78, 5) is 0. The molecule has 5 aromatic rings. The van der Waals surface area contributed by atoms with Crippen molar-refractivity contribution in [3.63, 3.8) is 0 Å². The van der Waals surface area contributed by atoms with Crippen LogP contribution in [0.3, 0.4) is 0 Å². The molecule has 0 heterocycles. The maximum absolute atomic E-state index is 4.44. The van der Waals surface area contributed by atoms with Crippen molar-refractivity contribution in [2.75, 3.05) is 0 Å². The van der Waals surface area contributed by atoms with E-state index in [1.54, 1.807) is 0 Å². The second-order valence-electron chi connectivity index (χ2n) is 15.5. The fourth-order valence-corrected chi connectivity index (χ4v) is 7.26. The van der Waals surface area contributed by atoms with Gasteiger partial charge in [0.15, 0.2) is 0 Å². The van der Waals surface area contributed by atoms with Crippen molar-refractivity contribution in [3.8, 4) is 11.1 Å². The van der Waals surface area contributed by atoms with Crippen molar-refractivity contribution in [2.24, 2.45) is 5.92 Å². The number of allylic oxidation sites excluding steroid dienone is 12. The molecule has 0 radical (unpaired) electrons. The van der Waals surface area contributed by atoms with Crippen molar-refractivity contribution in [2.45, 2.75) is 68.7 Å². The zero-order valence-electron chi connectivity index (χ0n) is 36.0. The number of aryl methyl sites for hydroxylation is 1. The van der Waals surface area contributed by atoms with Gasteiger partial charge in [-0.3, -0.25) is 0 Å². The molecule has 0 saturated carbocycles. The Morgan fingerprint density at radius 2 is 0.930 bits per heavy atom. The minimum Gasteiger partial charge on any atom is -0.0955 e. The van der Waals surface area contributed by atoms with Crippen molar-refractivity contribution in [1.82, 2.24) is 0 Å². The molecular weight excluding hydrogens is 685 g/mol. The number of hydrogen-bond donors (Lipinski definition) is 0. The Hall–Kier alpha value is -5.98. The molecule has 0 aromatic heterocycles. The van der Waals surface area contributed by atoms with Crippen LogP contribution in [-0.4, -0.2) is 0 Å². The smallest absolute Gasteiger partial charge is 0.0123 e. The Bertz CT molecular complexity index is 2280. The molecule has 0 amide bonds. The van der Waals surface area contributed by atoms with Crippen molar-refractivity contribution in [1.29, 1.82) is 0 Å². The first kappa shape index (κ1) is 43.7. The van der Waals surface area contributed by atoms with Crippen LogP contribution in [0.2, 0.25) is 0 Å². The summed E-state index contributed by atoms with van der Waals surface area (Å²) in [5.74, 6) is 0.523. The van der Waals surface area contributed by atoms with Gasteiger partial charge in [0.05, 0.1) is 0 Å². The standard InChI is InChI=1S/C39H42.2C9H10/c1-25(2)38(36-18-14-13-15-28(36)6)30(8)33-22-34(24-35(23-33)32-16-11-10-12-17-32)31(9)39(26(3)4)37-21-27(5)19-20-29(37)7;2*1-8(2)9-6-4-3-5-7-9/h10-20,22-24,27H,1,3,21H2,2,4-9H3;2*3-7H,1H2,2H3/b38-30-,39-31-;;. The monoisotopic (exact) mass is 746 g/mol. The molecule has 1 aliphatic carbocycles. The Kier molecular flexibility index (Phi) is 16.0. The Morgan fingerprint density at radius 1 is 0.491 bits per heavy atom. The number of hydrogen-bond acceptors (Lipinski definition) is 0. The fourth-order valence-electron chi connectivity index (χ4n) is 7.26. The first-order valence-electron chi connectivity index (χ1n) is 20.0. The van der Waals surface area contributed by atoms with Gasteiger partial charge in [-0.1, -0.05) is 183 Å². The lowest BCUT2D eigenvalue weighted by atomic mass is 9.80. The third-order valence-electron chi connectivity index (χ3n) is 10.4. The third-order valence-corrected chi connectivity index (χ3v) is 10.4. The molecule has 0 fully saturated rings. The summed E-state index contributed by atoms with van der Waals surface area (Å²) >= 11 is 0. The topological polar surface area (TPSA) is 0 Å². The minimum absolute atomic E-state index is 0.523. The average Bonchev–Trinajstić information content (AvgIpc) is 3.21. The zero-order valence-corrected chi connectivity index (χ0v) is 36.0. The summed E-state index contributed by atoms with van der Waals surface area (Å²) in [7, 11) is 0. The molecular formula is C57H62. The van der Waals surface area contributed by atoms with E-state index < -0.39 is 0 Å². The van der Waals surface area contributed by atoms with E-state index in [4.69, 9.17) is 0 Å². The zero-order chi connectivity index (χ0) is 41.6. The van der Waals surface area contributed by atoms with Crippen molar-refractivity contribution in [3.05, 3.63) is 233 Å². The summed E-state index contributed by atoms with van der Waals surface area (Å²) in [6.45, 7) is 36.0. The quantitative estimate of drug-likeness (QED) is 0.104. The molecule has 0 heteroatoms. The molecule has 0 bridgehead atoms. The van der Waals surface area contributed by atoms with Crippen molar-refractivity contribution >= 4 is 27.9 Å². The molecule has 0 saturated heterocycles. The van der Waals surface area contributed by atoms with Crippen LogP contribution in [0.5, 0.6) is 0 Å². The highest BCUT2D eigenvalue weighted by Gasteiger charge is 2.20. The third kappa shape index (κ3) is 12.0. The van der Waals surface area contributed by atoms with Crippen molar-refractivity contribution < 1.29 is 0 Å². The first-order valence-corrected chi connectivity index (χ1v) is 20.0. The van der Waals surface area contributed by atoms with E-state index >= 15 is 0 Å². The second kappa shape index (κ2) is 20.8. The van der Waals surface area contributed by atoms with Crippen LogP contribution in [0.1, 0.15) is 95.2 Å². The molecule has 5 aromatic carbocycles. The molecule has 0 spiro atoms. The summed E-state index contributed by atoms with van der Waals surface area (Å²) in [5, 5.41) is 0. The van der Waals surface area contributed by atoms with Gasteiger partial charge in [-0.05, 0) is 164 Å². The predicted octanol–water partition coefficient (Wildman–Crippen LogP) is 16.9. The normalized spacial score (nSPS) is 14.2. The molecule has 0 N–H and O–H groups in total. The van der Waals surface area contributed by atoms with E-state index in [1.807, 2.05) is 50.2 Å². The molecule has 1 aliphatic rings. The highest BCUT2D eigenvalue weighted by atomic mass is 14.2. The lowest BCUT2D eigenvalue weighted by Crippen LogP contribution is -2.06. The SMILES string of the molecule is C=C(C)/C(C1=C(C)C=CC(C)C1)=C(\C)c1cc(/C(C)=C(/C(=C)C)c2ccccc2C)cc(-c2ccccc2)c1.C=C(C)c1ccccc1.C=C(C)c1ccccc1. The highest BCUT2D eigenvalue weighted by Crippen LogP contribution is 2.40. The highest BCUT2D eigenvalue weighted by molar-refractivity contribution is 5.99. The van der Waals surface area contributed by atoms with Gasteiger partial charge in [-0.2, -0.15) is 0 Å². The molecule has 290 valence electrons. The van der Waals surface area contributed by atoms with Gasteiger partial charge >= 0.3 is 0 Å². The van der Waals surface area contributed by atoms with Gasteiger partial charge in [0.25, 0.3) is 0 Å². The average molecular weight is 747 g/mol. The maximum Gasteiger partial charge on any atom is -0.0123 e. The largest absolute Gasteiger partial charge is 0.0955 e. The Morgan fingerprint density at radius 3 is 1.37 bits per heavy atom. The molecule has 1 unspecified atom stereocenters. The molecule has 1 atom stereocenters. The molecule has 0 nitrogen and oxygen atoms in total. The van der Waals surface area contributed by atoms with E-state index in [-0.39, 0.29) is 0 Å². The molecule has 6 rings (SSSR count). The van der Waals surface area contributed by atoms with Gasteiger partial charge in [0.2, 0.25) is 0 Å². The van der Waals surface area contributed by atoms with E-state index in [9.17, 15) is 0 Å². The summed E-state index contributed by atoms with van der Waals surface area (Å²) < 4.78 is 0. The van der Waals surface area contributed by atoms with Crippen LogP contribution in [0.25, 0.3) is 39.0 Å². The fraction of sp³-hybridized carbons (Fsp3) is 0.193. The molecule has 0 aliphatic heterocycles. The summed E-state index contributed by atoms with van der Waals surface area (Å²) in [6.07, 6.45) is 5.64.